The van der Waals surface area contributed by atoms with E-state index in [0.29, 0.717) is 29.9 Å². The van der Waals surface area contributed by atoms with Crippen LogP contribution in [0.4, 0.5) is 5.69 Å². The zero-order chi connectivity index (χ0) is 27.8. The average molecular weight is 535 g/mol. The molecule has 0 spiro atoms. The molecule has 2 amide bonds. The molecule has 2 aromatic carbocycles. The number of amides is 2. The van der Waals surface area contributed by atoms with E-state index < -0.39 is 11.9 Å². The summed E-state index contributed by atoms with van der Waals surface area (Å²) in [4.78, 5) is 47.4. The van der Waals surface area contributed by atoms with E-state index in [9.17, 15) is 19.5 Å². The molecule has 1 N–H and O–H groups in total. The number of piperazine rings is 1. The van der Waals surface area contributed by atoms with Gasteiger partial charge in [-0.1, -0.05) is 50.2 Å². The molecule has 2 aliphatic rings. The Labute approximate surface area is 232 Å². The zero-order valence-electron chi connectivity index (χ0n) is 23.3. The van der Waals surface area contributed by atoms with E-state index in [1.165, 1.54) is 12.8 Å². The van der Waals surface area contributed by atoms with Crippen LogP contribution < -0.4 is 4.90 Å². The minimum Gasteiger partial charge on any atom is -0.481 e. The largest absolute Gasteiger partial charge is 0.481 e. The second-order valence-corrected chi connectivity index (χ2v) is 10.6. The van der Waals surface area contributed by atoms with Crippen LogP contribution in [-0.4, -0.2) is 96.5 Å². The quantitative estimate of drug-likeness (QED) is 0.445. The molecule has 0 saturated carbocycles. The Bertz CT molecular complexity index is 1140. The molecule has 1 atom stereocenters. The molecule has 0 aromatic heterocycles. The molecule has 1 fully saturated rings. The number of carboxylic acids is 1. The van der Waals surface area contributed by atoms with Crippen molar-refractivity contribution >= 4 is 23.5 Å². The van der Waals surface area contributed by atoms with Gasteiger partial charge in [0.2, 0.25) is 5.91 Å². The van der Waals surface area contributed by atoms with Gasteiger partial charge in [0.05, 0.1) is 6.42 Å². The molecule has 0 radical (unpaired) electrons. The lowest BCUT2D eigenvalue weighted by Gasteiger charge is -2.36. The van der Waals surface area contributed by atoms with Crippen molar-refractivity contribution in [2.24, 2.45) is 0 Å². The molecule has 8 nitrogen and oxygen atoms in total. The molecule has 0 bridgehead atoms. The second kappa shape index (κ2) is 13.7. The van der Waals surface area contributed by atoms with Crippen molar-refractivity contribution in [1.82, 2.24) is 14.7 Å². The van der Waals surface area contributed by atoms with E-state index >= 15 is 0 Å². The molecule has 2 aliphatic heterocycles. The summed E-state index contributed by atoms with van der Waals surface area (Å²) in [6.07, 6.45) is 3.36. The maximum absolute atomic E-state index is 13.8. The van der Waals surface area contributed by atoms with Crippen molar-refractivity contribution in [3.63, 3.8) is 0 Å². The van der Waals surface area contributed by atoms with Gasteiger partial charge < -0.3 is 14.9 Å². The Morgan fingerprint density at radius 2 is 1.54 bits per heavy atom. The van der Waals surface area contributed by atoms with Crippen molar-refractivity contribution < 1.29 is 19.5 Å². The van der Waals surface area contributed by atoms with Gasteiger partial charge in [0.1, 0.15) is 6.54 Å². The van der Waals surface area contributed by atoms with Gasteiger partial charge in [-0.15, -0.1) is 0 Å². The molecule has 8 heteroatoms. The van der Waals surface area contributed by atoms with Crippen LogP contribution in [0.15, 0.2) is 48.5 Å². The number of hydrogen-bond acceptors (Lipinski definition) is 5. The Morgan fingerprint density at radius 1 is 0.897 bits per heavy atom. The first kappa shape index (κ1) is 28.8. The summed E-state index contributed by atoms with van der Waals surface area (Å²) in [5.74, 6) is -1.73. The molecule has 0 aliphatic carbocycles. The van der Waals surface area contributed by atoms with Crippen molar-refractivity contribution in [1.29, 1.82) is 0 Å². The van der Waals surface area contributed by atoms with Gasteiger partial charge >= 0.3 is 5.97 Å². The van der Waals surface area contributed by atoms with Gasteiger partial charge in [0, 0.05) is 43.3 Å². The minimum absolute atomic E-state index is 0.0625. The minimum atomic E-state index is -0.928. The molecule has 2 heterocycles. The zero-order valence-corrected chi connectivity index (χ0v) is 23.3. The van der Waals surface area contributed by atoms with Gasteiger partial charge in [-0.3, -0.25) is 24.2 Å². The van der Waals surface area contributed by atoms with Crippen LogP contribution in [0, 0.1) is 0 Å². The predicted octanol–water partition coefficient (Wildman–Crippen LogP) is 3.91. The number of carboxylic acid groups (broad SMARTS) is 1. The number of carbonyl (C=O) groups is 3. The van der Waals surface area contributed by atoms with Crippen LogP contribution in [0.1, 0.15) is 66.9 Å². The van der Waals surface area contributed by atoms with Crippen LogP contribution >= 0.6 is 0 Å². The lowest BCUT2D eigenvalue weighted by Crippen LogP contribution is -2.52. The van der Waals surface area contributed by atoms with E-state index in [-0.39, 0.29) is 24.8 Å². The number of aliphatic carboxylic acids is 1. The van der Waals surface area contributed by atoms with Gasteiger partial charge in [-0.25, -0.2) is 0 Å². The molecule has 39 heavy (non-hydrogen) atoms. The molecular weight excluding hydrogens is 492 g/mol. The summed E-state index contributed by atoms with van der Waals surface area (Å²) in [6.45, 7) is 11.8. The van der Waals surface area contributed by atoms with Crippen molar-refractivity contribution in [2.75, 3.05) is 63.8 Å². The first-order chi connectivity index (χ1) is 18.9. The van der Waals surface area contributed by atoms with E-state index in [0.717, 1.165) is 51.3 Å². The number of para-hydroxylation sites is 1. The highest BCUT2D eigenvalue weighted by molar-refractivity contribution is 6.11. The van der Waals surface area contributed by atoms with Crippen LogP contribution in [-0.2, 0) is 9.59 Å². The van der Waals surface area contributed by atoms with Crippen LogP contribution in [0.3, 0.4) is 0 Å². The number of hydrogen-bond donors (Lipinski definition) is 1. The van der Waals surface area contributed by atoms with Crippen LogP contribution in [0.5, 0.6) is 0 Å². The summed E-state index contributed by atoms with van der Waals surface area (Å²) in [6, 6.07) is 14.6. The molecule has 210 valence electrons. The van der Waals surface area contributed by atoms with Gasteiger partial charge in [-0.2, -0.15) is 0 Å². The third kappa shape index (κ3) is 7.05. The summed E-state index contributed by atoms with van der Waals surface area (Å²) in [7, 11) is 0. The third-order valence-electron chi connectivity index (χ3n) is 7.84. The maximum Gasteiger partial charge on any atom is 0.304 e. The van der Waals surface area contributed by atoms with Crippen molar-refractivity contribution in [3.8, 4) is 0 Å². The second-order valence-electron chi connectivity index (χ2n) is 10.6. The summed E-state index contributed by atoms with van der Waals surface area (Å²) in [5.41, 5.74) is 2.52. The van der Waals surface area contributed by atoms with Crippen LogP contribution in [0.2, 0.25) is 0 Å². The fourth-order valence-corrected chi connectivity index (χ4v) is 5.94. The third-order valence-corrected chi connectivity index (χ3v) is 7.84. The lowest BCUT2D eigenvalue weighted by molar-refractivity contribution is -0.137. The highest BCUT2D eigenvalue weighted by Gasteiger charge is 2.35. The lowest BCUT2D eigenvalue weighted by atomic mass is 9.86. The number of rotatable bonds is 12. The smallest absolute Gasteiger partial charge is 0.304 e. The highest BCUT2D eigenvalue weighted by Crippen LogP contribution is 2.40. The summed E-state index contributed by atoms with van der Waals surface area (Å²) >= 11 is 0. The van der Waals surface area contributed by atoms with E-state index in [4.69, 9.17) is 0 Å². The molecule has 1 unspecified atom stereocenters. The fraction of sp³-hybridized carbons (Fsp3) is 0.516. The molecule has 1 saturated heterocycles. The Hall–Kier alpha value is -3.23. The number of anilines is 1. The van der Waals surface area contributed by atoms with E-state index in [1.807, 2.05) is 41.3 Å². The van der Waals surface area contributed by atoms with Crippen molar-refractivity contribution in [3.05, 3.63) is 65.2 Å². The average Bonchev–Trinajstić information content (AvgIpc) is 3.03. The number of carbonyl (C=O) groups excluding carboxylic acids is 2. The maximum atomic E-state index is 13.8. The van der Waals surface area contributed by atoms with Crippen molar-refractivity contribution in [2.45, 2.75) is 45.4 Å². The normalized spacial score (nSPS) is 17.6. The summed E-state index contributed by atoms with van der Waals surface area (Å²) < 4.78 is 0. The monoisotopic (exact) mass is 534 g/mol. The van der Waals surface area contributed by atoms with E-state index in [1.54, 1.807) is 17.0 Å². The topological polar surface area (TPSA) is 84.4 Å². The number of nitrogens with zero attached hydrogens (tertiary/aromatic N) is 4. The SMILES string of the molecule is CCCN(CCC)CCCN1CCN(C(=O)CN2C(=O)c3ccccc3C(CC(=O)O)c3ccccc32)CC1. The predicted molar refractivity (Wildman–Crippen MR) is 153 cm³/mol. The van der Waals surface area contributed by atoms with E-state index in [2.05, 4.69) is 23.6 Å². The highest BCUT2D eigenvalue weighted by atomic mass is 16.4. The van der Waals surface area contributed by atoms with Gasteiger partial charge in [-0.05, 0) is 68.7 Å². The molecule has 4 rings (SSSR count). The Morgan fingerprint density at radius 3 is 2.21 bits per heavy atom. The van der Waals surface area contributed by atoms with Crippen LogP contribution in [0.25, 0.3) is 0 Å². The summed E-state index contributed by atoms with van der Waals surface area (Å²) in [5, 5.41) is 9.64. The Balaban J connectivity index is 1.42. The standard InChI is InChI=1S/C31H42N4O4/c1-3-14-32(15-4-2)16-9-17-33-18-20-34(21-19-33)29(36)23-35-28-13-8-7-11-25(28)27(22-30(37)38)24-10-5-6-12-26(24)31(35)39/h5-8,10-13,27H,3-4,9,14-23H2,1-2H3,(H,37,38). The Kier molecular flexibility index (Phi) is 10.1. The molecular formula is C31H42N4O4. The number of fused-ring (bicyclic) bond motifs is 2. The molecule has 2 aromatic rings. The first-order valence-corrected chi connectivity index (χ1v) is 14.4. The first-order valence-electron chi connectivity index (χ1n) is 14.4. The van der Waals surface area contributed by atoms with Gasteiger partial charge in [0.25, 0.3) is 5.91 Å². The number of benzene rings is 2. The van der Waals surface area contributed by atoms with Gasteiger partial charge in [0.15, 0.2) is 0 Å². The fourth-order valence-electron chi connectivity index (χ4n) is 5.94.